The van der Waals surface area contributed by atoms with Crippen molar-refractivity contribution in [3.63, 3.8) is 0 Å². The van der Waals surface area contributed by atoms with Crippen LogP contribution >= 0.6 is 0 Å². The summed E-state index contributed by atoms with van der Waals surface area (Å²) in [5.74, 6) is -1.24. The smallest absolute Gasteiger partial charge is 0.234 e. The van der Waals surface area contributed by atoms with Gasteiger partial charge in [-0.15, -0.1) is 0 Å². The van der Waals surface area contributed by atoms with E-state index >= 15 is 0 Å². The maximum absolute atomic E-state index is 13.1. The van der Waals surface area contributed by atoms with Gasteiger partial charge in [0.1, 0.15) is 11.6 Å². The van der Waals surface area contributed by atoms with Crippen molar-refractivity contribution < 1.29 is 23.2 Å². The molecule has 0 saturated heterocycles. The number of rotatable bonds is 16. The number of benzene rings is 6. The third kappa shape index (κ3) is 15.2. The molecule has 3 atom stereocenters. The highest BCUT2D eigenvalue weighted by atomic mass is 19.1. The molecule has 11 heteroatoms. The van der Waals surface area contributed by atoms with Crippen LogP contribution in [0, 0.1) is 11.6 Å². The summed E-state index contributed by atoms with van der Waals surface area (Å²) in [6.07, 6.45) is 2.75. The lowest BCUT2D eigenvalue weighted by atomic mass is 9.81. The molecule has 6 aromatic carbocycles. The van der Waals surface area contributed by atoms with E-state index in [1.54, 1.807) is 24.3 Å². The molecule has 0 aliphatic heterocycles. The first-order valence-electron chi connectivity index (χ1n) is 20.6. The van der Waals surface area contributed by atoms with E-state index in [0.717, 1.165) is 41.5 Å². The second-order valence-corrected chi connectivity index (χ2v) is 15.0. The van der Waals surface area contributed by atoms with Gasteiger partial charge in [0.2, 0.25) is 17.7 Å². The van der Waals surface area contributed by atoms with Crippen molar-refractivity contribution in [2.24, 2.45) is 17.2 Å². The number of halogens is 2. The molecule has 0 fully saturated rings. The van der Waals surface area contributed by atoms with Gasteiger partial charge in [-0.25, -0.2) is 8.78 Å². The zero-order valence-corrected chi connectivity index (χ0v) is 35.4. The SMILES string of the molecule is CC(Cc1ccc(F)cc1)(NC(=O)CN)c1ccc(F)cc1.CCC(Cc1ccccc1)(NC(=O)CN)c1ccccc1.NCC(=O)NC(Cc1ccccc1)c1ccccc1. The zero-order valence-electron chi connectivity index (χ0n) is 35.4. The molecule has 9 nitrogen and oxygen atoms in total. The van der Waals surface area contributed by atoms with Gasteiger partial charge in [-0.3, -0.25) is 14.4 Å². The number of amides is 3. The lowest BCUT2D eigenvalue weighted by Crippen LogP contribution is -2.49. The van der Waals surface area contributed by atoms with Gasteiger partial charge in [0.25, 0.3) is 0 Å². The second-order valence-electron chi connectivity index (χ2n) is 15.0. The lowest BCUT2D eigenvalue weighted by molar-refractivity contribution is -0.122. The first-order valence-corrected chi connectivity index (χ1v) is 20.6. The van der Waals surface area contributed by atoms with Crippen LogP contribution in [0.4, 0.5) is 8.78 Å². The summed E-state index contributed by atoms with van der Waals surface area (Å²) in [5.41, 5.74) is 21.3. The molecular formula is C51H58F2N6O3. The topological polar surface area (TPSA) is 165 Å². The first kappa shape index (κ1) is 48.1. The van der Waals surface area contributed by atoms with Crippen LogP contribution in [0.3, 0.4) is 0 Å². The van der Waals surface area contributed by atoms with Crippen molar-refractivity contribution >= 4 is 17.7 Å². The number of nitrogens with one attached hydrogen (secondary N) is 3. The maximum Gasteiger partial charge on any atom is 0.234 e. The maximum atomic E-state index is 13.1. The van der Waals surface area contributed by atoms with Crippen molar-refractivity contribution in [3.05, 3.63) is 215 Å². The van der Waals surface area contributed by atoms with Crippen LogP contribution < -0.4 is 33.2 Å². The van der Waals surface area contributed by atoms with E-state index in [4.69, 9.17) is 17.2 Å². The Morgan fingerprint density at radius 2 is 0.952 bits per heavy atom. The zero-order chi connectivity index (χ0) is 44.8. The Bertz CT molecular complexity index is 2230. The third-order valence-corrected chi connectivity index (χ3v) is 10.4. The van der Waals surface area contributed by atoms with Gasteiger partial charge >= 0.3 is 0 Å². The van der Waals surface area contributed by atoms with Crippen molar-refractivity contribution in [3.8, 4) is 0 Å². The van der Waals surface area contributed by atoms with Crippen LogP contribution in [0.1, 0.15) is 59.7 Å². The van der Waals surface area contributed by atoms with Crippen LogP contribution in [0.5, 0.6) is 0 Å². The average Bonchev–Trinajstić information content (AvgIpc) is 3.31. The van der Waals surface area contributed by atoms with Gasteiger partial charge in [-0.05, 0) is 90.3 Å². The fraction of sp³-hybridized carbons (Fsp3) is 0.235. The van der Waals surface area contributed by atoms with Crippen LogP contribution in [0.25, 0.3) is 0 Å². The number of hydrogen-bond acceptors (Lipinski definition) is 6. The lowest BCUT2D eigenvalue weighted by Gasteiger charge is -2.35. The van der Waals surface area contributed by atoms with E-state index in [-0.39, 0.29) is 55.0 Å². The van der Waals surface area contributed by atoms with E-state index in [0.29, 0.717) is 6.42 Å². The fourth-order valence-electron chi connectivity index (χ4n) is 7.10. The number of nitrogens with two attached hydrogens (primary N) is 3. The van der Waals surface area contributed by atoms with Gasteiger partial charge in [0, 0.05) is 0 Å². The largest absolute Gasteiger partial charge is 0.348 e. The molecule has 0 bridgehead atoms. The van der Waals surface area contributed by atoms with Crippen molar-refractivity contribution in [1.29, 1.82) is 0 Å². The Morgan fingerprint density at radius 1 is 0.516 bits per heavy atom. The number of hydrogen-bond donors (Lipinski definition) is 6. The van der Waals surface area contributed by atoms with Crippen molar-refractivity contribution in [1.82, 2.24) is 16.0 Å². The van der Waals surface area contributed by atoms with E-state index in [9.17, 15) is 23.2 Å². The molecule has 6 aromatic rings. The molecular weight excluding hydrogens is 783 g/mol. The quantitative estimate of drug-likeness (QED) is 0.0606. The summed E-state index contributed by atoms with van der Waals surface area (Å²) in [6.45, 7) is 3.80. The van der Waals surface area contributed by atoms with Gasteiger partial charge < -0.3 is 33.2 Å². The highest BCUT2D eigenvalue weighted by Gasteiger charge is 2.32. The summed E-state index contributed by atoms with van der Waals surface area (Å²) >= 11 is 0. The standard InChI is InChI=1S/C18H22N2O.C17H18F2N2O.C16H18N2O/c1-2-18(20-17(21)14-19,16-11-7-4-8-12-16)13-15-9-5-3-6-10-15;1-17(21-16(22)11-20,13-4-8-15(19)9-5-13)10-12-2-6-14(18)7-3-12;17-12-16(19)18-15(14-9-5-2-6-10-14)11-13-7-3-1-4-8-13/h3-12H,2,13-14,19H2,1H3,(H,20,21);2-9H,10-11,20H2,1H3,(H,21,22);1-10,15H,11-12,17H2,(H,18,19). The highest BCUT2D eigenvalue weighted by molar-refractivity contribution is 5.79. The van der Waals surface area contributed by atoms with Gasteiger partial charge in [-0.1, -0.05) is 153 Å². The predicted molar refractivity (Wildman–Crippen MR) is 243 cm³/mol. The van der Waals surface area contributed by atoms with Gasteiger partial charge in [-0.2, -0.15) is 0 Å². The predicted octanol–water partition coefficient (Wildman–Crippen LogP) is 7.15. The molecule has 3 amide bonds. The third-order valence-electron chi connectivity index (χ3n) is 10.4. The molecule has 0 radical (unpaired) electrons. The van der Waals surface area contributed by atoms with Crippen LogP contribution in [0.15, 0.2) is 170 Å². The fourth-order valence-corrected chi connectivity index (χ4v) is 7.10. The van der Waals surface area contributed by atoms with Crippen LogP contribution in [-0.2, 0) is 44.7 Å². The Balaban J connectivity index is 0.000000205. The Hall–Kier alpha value is -6.53. The molecule has 6 rings (SSSR count). The van der Waals surface area contributed by atoms with Gasteiger partial charge in [0.05, 0.1) is 36.8 Å². The van der Waals surface area contributed by atoms with Crippen LogP contribution in [-0.4, -0.2) is 37.4 Å². The minimum Gasteiger partial charge on any atom is -0.348 e. The number of carbonyl (C=O) groups excluding carboxylic acids is 3. The molecule has 0 heterocycles. The monoisotopic (exact) mass is 840 g/mol. The first-order chi connectivity index (χ1) is 29.9. The van der Waals surface area contributed by atoms with Crippen LogP contribution in [0.2, 0.25) is 0 Å². The van der Waals surface area contributed by atoms with E-state index < -0.39 is 11.1 Å². The summed E-state index contributed by atoms with van der Waals surface area (Å²) in [7, 11) is 0. The summed E-state index contributed by atoms with van der Waals surface area (Å²) in [5, 5.41) is 8.96. The summed E-state index contributed by atoms with van der Waals surface area (Å²) in [6, 6.07) is 52.3. The minimum absolute atomic E-state index is 0.00335. The Morgan fingerprint density at radius 3 is 1.45 bits per heavy atom. The number of carbonyl (C=O) groups is 3. The van der Waals surface area contributed by atoms with E-state index in [1.165, 1.54) is 35.4 Å². The molecule has 0 aromatic heterocycles. The average molecular weight is 841 g/mol. The van der Waals surface area contributed by atoms with Gasteiger partial charge in [0.15, 0.2) is 0 Å². The molecule has 0 aliphatic rings. The summed E-state index contributed by atoms with van der Waals surface area (Å²) in [4.78, 5) is 35.2. The molecule has 0 saturated carbocycles. The second kappa shape index (κ2) is 24.7. The molecule has 0 spiro atoms. The molecule has 3 unspecified atom stereocenters. The normalized spacial score (nSPS) is 13.0. The molecule has 9 N–H and O–H groups in total. The van der Waals surface area contributed by atoms with E-state index in [1.807, 2.05) is 91.9 Å². The highest BCUT2D eigenvalue weighted by Crippen LogP contribution is 2.30. The molecule has 62 heavy (non-hydrogen) atoms. The summed E-state index contributed by atoms with van der Waals surface area (Å²) < 4.78 is 26.1. The van der Waals surface area contributed by atoms with E-state index in [2.05, 4.69) is 59.3 Å². The molecule has 0 aliphatic carbocycles. The van der Waals surface area contributed by atoms with Crippen molar-refractivity contribution in [2.45, 2.75) is 56.7 Å². The minimum atomic E-state index is -0.762. The Labute approximate surface area is 364 Å². The molecule has 324 valence electrons. The van der Waals surface area contributed by atoms with Crippen molar-refractivity contribution in [2.75, 3.05) is 19.6 Å². The Kier molecular flexibility index (Phi) is 19.1.